The molecule has 1 saturated carbocycles. The molecule has 0 aliphatic heterocycles. The van der Waals surface area contributed by atoms with Crippen LogP contribution in [-0.2, 0) is 0 Å². The number of phenols is 1. The fourth-order valence-corrected chi connectivity index (χ4v) is 2.78. The molecule has 0 aromatic heterocycles. The molecule has 0 unspecified atom stereocenters. The molecule has 1 aromatic rings. The standard InChI is InChI=1S/C16H20N2O2/c1-2-12-6-8-16(11-17,9-7-12)18-15(20)13-4-3-5-14(19)10-13/h3-5,10,12,19H,2,6-9H2,1H3,(H,18,20). The molecule has 1 aromatic carbocycles. The number of amides is 1. The second kappa shape index (κ2) is 5.96. The highest BCUT2D eigenvalue weighted by Crippen LogP contribution is 2.33. The Balaban J connectivity index is 2.07. The minimum Gasteiger partial charge on any atom is -0.508 e. The summed E-state index contributed by atoms with van der Waals surface area (Å²) < 4.78 is 0. The number of nitrogens with zero attached hydrogens (tertiary/aromatic N) is 1. The van der Waals surface area contributed by atoms with E-state index in [1.165, 1.54) is 12.1 Å². The summed E-state index contributed by atoms with van der Waals surface area (Å²) in [4.78, 5) is 12.2. The molecule has 0 saturated heterocycles. The number of rotatable bonds is 3. The Bertz CT molecular complexity index is 526. The number of hydrogen-bond donors (Lipinski definition) is 2. The van der Waals surface area contributed by atoms with Gasteiger partial charge in [0.05, 0.1) is 6.07 Å². The molecular weight excluding hydrogens is 252 g/mol. The molecule has 1 amide bonds. The van der Waals surface area contributed by atoms with Crippen LogP contribution < -0.4 is 5.32 Å². The van der Waals surface area contributed by atoms with Gasteiger partial charge in [0.2, 0.25) is 0 Å². The van der Waals surface area contributed by atoms with Crippen molar-refractivity contribution in [1.29, 1.82) is 5.26 Å². The molecule has 0 heterocycles. The number of carbonyl (C=O) groups is 1. The van der Waals surface area contributed by atoms with Crippen molar-refractivity contribution >= 4 is 5.91 Å². The van der Waals surface area contributed by atoms with Gasteiger partial charge >= 0.3 is 0 Å². The van der Waals surface area contributed by atoms with E-state index in [1.54, 1.807) is 12.1 Å². The molecule has 1 aliphatic carbocycles. The van der Waals surface area contributed by atoms with Crippen LogP contribution in [0.5, 0.6) is 5.75 Å². The zero-order chi connectivity index (χ0) is 14.6. The highest BCUT2D eigenvalue weighted by Gasteiger charge is 2.36. The monoisotopic (exact) mass is 272 g/mol. The summed E-state index contributed by atoms with van der Waals surface area (Å²) in [5.41, 5.74) is -0.369. The van der Waals surface area contributed by atoms with E-state index in [-0.39, 0.29) is 11.7 Å². The minimum absolute atomic E-state index is 0.0540. The number of carbonyl (C=O) groups excluding carboxylic acids is 1. The van der Waals surface area contributed by atoms with Crippen molar-refractivity contribution in [1.82, 2.24) is 5.32 Å². The molecule has 0 radical (unpaired) electrons. The molecule has 0 spiro atoms. The largest absolute Gasteiger partial charge is 0.508 e. The fourth-order valence-electron chi connectivity index (χ4n) is 2.78. The van der Waals surface area contributed by atoms with E-state index in [4.69, 9.17) is 0 Å². The molecule has 0 bridgehead atoms. The van der Waals surface area contributed by atoms with Gasteiger partial charge in [-0.2, -0.15) is 5.26 Å². The topological polar surface area (TPSA) is 73.1 Å². The number of nitrogens with one attached hydrogen (secondary N) is 1. The van der Waals surface area contributed by atoms with Gasteiger partial charge < -0.3 is 10.4 Å². The van der Waals surface area contributed by atoms with Gasteiger partial charge in [0, 0.05) is 5.56 Å². The zero-order valence-corrected chi connectivity index (χ0v) is 11.7. The van der Waals surface area contributed by atoms with E-state index < -0.39 is 5.54 Å². The van der Waals surface area contributed by atoms with Gasteiger partial charge in [-0.1, -0.05) is 19.4 Å². The predicted molar refractivity (Wildman–Crippen MR) is 76.2 cm³/mol. The van der Waals surface area contributed by atoms with Crippen molar-refractivity contribution < 1.29 is 9.90 Å². The van der Waals surface area contributed by atoms with Crippen LogP contribution in [-0.4, -0.2) is 16.6 Å². The van der Waals surface area contributed by atoms with Crippen molar-refractivity contribution in [3.05, 3.63) is 29.8 Å². The van der Waals surface area contributed by atoms with Gasteiger partial charge in [0.15, 0.2) is 0 Å². The normalized spacial score (nSPS) is 25.7. The second-order valence-electron chi connectivity index (χ2n) is 5.55. The van der Waals surface area contributed by atoms with E-state index in [0.29, 0.717) is 24.3 Å². The van der Waals surface area contributed by atoms with Gasteiger partial charge in [-0.15, -0.1) is 0 Å². The van der Waals surface area contributed by atoms with Gasteiger partial charge in [0.1, 0.15) is 11.3 Å². The van der Waals surface area contributed by atoms with Gasteiger partial charge in [-0.05, 0) is 49.8 Å². The number of benzene rings is 1. The molecule has 0 atom stereocenters. The van der Waals surface area contributed by atoms with Crippen molar-refractivity contribution in [3.8, 4) is 11.8 Å². The maximum Gasteiger partial charge on any atom is 0.252 e. The molecule has 2 N–H and O–H groups in total. The number of hydrogen-bond acceptors (Lipinski definition) is 3. The van der Waals surface area contributed by atoms with E-state index in [9.17, 15) is 15.2 Å². The number of aromatic hydroxyl groups is 1. The van der Waals surface area contributed by atoms with E-state index in [0.717, 1.165) is 19.3 Å². The quantitative estimate of drug-likeness (QED) is 0.888. The molecule has 106 valence electrons. The average Bonchev–Trinajstić information content (AvgIpc) is 2.48. The smallest absolute Gasteiger partial charge is 0.252 e. The molecular formula is C16H20N2O2. The molecule has 1 aliphatic rings. The van der Waals surface area contributed by atoms with Gasteiger partial charge in [0.25, 0.3) is 5.91 Å². The van der Waals surface area contributed by atoms with Crippen molar-refractivity contribution in [2.24, 2.45) is 5.92 Å². The molecule has 1 fully saturated rings. The Hall–Kier alpha value is -2.02. The summed E-state index contributed by atoms with van der Waals surface area (Å²) >= 11 is 0. The fraction of sp³-hybridized carbons (Fsp3) is 0.500. The highest BCUT2D eigenvalue weighted by atomic mass is 16.3. The average molecular weight is 272 g/mol. The second-order valence-corrected chi connectivity index (χ2v) is 5.55. The van der Waals surface area contributed by atoms with Crippen LogP contribution in [0.4, 0.5) is 0 Å². The van der Waals surface area contributed by atoms with Gasteiger partial charge in [-0.3, -0.25) is 4.79 Å². The van der Waals surface area contributed by atoms with Crippen LogP contribution in [0, 0.1) is 17.2 Å². The Kier molecular flexibility index (Phi) is 4.29. The summed E-state index contributed by atoms with van der Waals surface area (Å²) in [6.45, 7) is 2.16. The third-order valence-corrected chi connectivity index (χ3v) is 4.21. The zero-order valence-electron chi connectivity index (χ0n) is 11.7. The maximum atomic E-state index is 12.2. The van der Waals surface area contributed by atoms with Crippen molar-refractivity contribution in [2.45, 2.75) is 44.6 Å². The molecule has 2 rings (SSSR count). The Morgan fingerprint density at radius 1 is 1.50 bits per heavy atom. The van der Waals surface area contributed by atoms with Crippen molar-refractivity contribution in [3.63, 3.8) is 0 Å². The summed E-state index contributed by atoms with van der Waals surface area (Å²) in [7, 11) is 0. The Labute approximate surface area is 119 Å². The first-order valence-corrected chi connectivity index (χ1v) is 7.11. The van der Waals surface area contributed by atoms with E-state index in [1.807, 2.05) is 0 Å². The Morgan fingerprint density at radius 2 is 2.20 bits per heavy atom. The lowest BCUT2D eigenvalue weighted by Crippen LogP contribution is -2.49. The lowest BCUT2D eigenvalue weighted by Gasteiger charge is -2.35. The first-order chi connectivity index (χ1) is 9.58. The SMILES string of the molecule is CCC1CCC(C#N)(NC(=O)c2cccc(O)c2)CC1. The third kappa shape index (κ3) is 3.11. The number of phenolic OH excluding ortho intramolecular Hbond substituents is 1. The van der Waals surface area contributed by atoms with Crippen LogP contribution in [0.2, 0.25) is 0 Å². The predicted octanol–water partition coefficient (Wildman–Crippen LogP) is 2.98. The first kappa shape index (κ1) is 14.4. The summed E-state index contributed by atoms with van der Waals surface area (Å²) in [6.07, 6.45) is 4.48. The number of nitriles is 1. The van der Waals surface area contributed by atoms with Gasteiger partial charge in [-0.25, -0.2) is 0 Å². The third-order valence-electron chi connectivity index (χ3n) is 4.21. The van der Waals surface area contributed by atoms with E-state index >= 15 is 0 Å². The van der Waals surface area contributed by atoms with Crippen LogP contribution in [0.25, 0.3) is 0 Å². The minimum atomic E-state index is -0.756. The summed E-state index contributed by atoms with van der Waals surface area (Å²) in [6, 6.07) is 8.47. The summed E-state index contributed by atoms with van der Waals surface area (Å²) in [5, 5.41) is 21.7. The van der Waals surface area contributed by atoms with E-state index in [2.05, 4.69) is 18.3 Å². The molecule has 4 heteroatoms. The summed E-state index contributed by atoms with van der Waals surface area (Å²) in [5.74, 6) is 0.421. The van der Waals surface area contributed by atoms with Crippen LogP contribution >= 0.6 is 0 Å². The van der Waals surface area contributed by atoms with Crippen LogP contribution in [0.1, 0.15) is 49.4 Å². The van der Waals surface area contributed by atoms with Crippen molar-refractivity contribution in [2.75, 3.05) is 0 Å². The lowest BCUT2D eigenvalue weighted by molar-refractivity contribution is 0.0891. The first-order valence-electron chi connectivity index (χ1n) is 7.11. The van der Waals surface area contributed by atoms with Crippen LogP contribution in [0.15, 0.2) is 24.3 Å². The molecule has 4 nitrogen and oxygen atoms in total. The molecule has 20 heavy (non-hydrogen) atoms. The Morgan fingerprint density at radius 3 is 2.75 bits per heavy atom. The highest BCUT2D eigenvalue weighted by molar-refractivity contribution is 5.95. The van der Waals surface area contributed by atoms with Crippen LogP contribution in [0.3, 0.4) is 0 Å². The lowest BCUT2D eigenvalue weighted by atomic mass is 9.76. The maximum absolute atomic E-state index is 12.2.